The fourth-order valence-corrected chi connectivity index (χ4v) is 3.73. The first-order valence-electron chi connectivity index (χ1n) is 10.0. The minimum atomic E-state index is -0.633. The summed E-state index contributed by atoms with van der Waals surface area (Å²) in [6.45, 7) is 4.36. The van der Waals surface area contributed by atoms with Crippen molar-refractivity contribution >= 4 is 28.5 Å². The Kier molecular flexibility index (Phi) is 5.35. The second-order valence-corrected chi connectivity index (χ2v) is 7.69. The number of benzene rings is 2. The highest BCUT2D eigenvalue weighted by molar-refractivity contribution is 5.97. The minimum Gasteiger partial charge on any atom is -0.452 e. The van der Waals surface area contributed by atoms with Crippen molar-refractivity contribution in [2.24, 2.45) is 0 Å². The van der Waals surface area contributed by atoms with E-state index in [1.165, 1.54) is 6.07 Å². The van der Waals surface area contributed by atoms with Gasteiger partial charge >= 0.3 is 5.97 Å². The summed E-state index contributed by atoms with van der Waals surface area (Å²) in [6.07, 6.45) is 1.64. The van der Waals surface area contributed by atoms with Gasteiger partial charge in [0.25, 0.3) is 11.5 Å². The van der Waals surface area contributed by atoms with Crippen LogP contribution in [-0.2, 0) is 22.5 Å². The number of nitrogens with zero attached hydrogens (tertiary/aromatic N) is 2. The number of rotatable bonds is 5. The normalized spacial score (nSPS) is 12.8. The number of hydrogen-bond acceptors (Lipinski definition) is 5. The molecule has 0 spiro atoms. The number of amides is 1. The Morgan fingerprint density at radius 2 is 2.00 bits per heavy atom. The van der Waals surface area contributed by atoms with Gasteiger partial charge in [0, 0.05) is 18.7 Å². The van der Waals surface area contributed by atoms with E-state index in [1.54, 1.807) is 16.7 Å². The van der Waals surface area contributed by atoms with Gasteiger partial charge in [-0.15, -0.1) is 0 Å². The van der Waals surface area contributed by atoms with Crippen molar-refractivity contribution in [3.05, 3.63) is 69.8 Å². The van der Waals surface area contributed by atoms with Crippen LogP contribution in [0, 0.1) is 0 Å². The lowest BCUT2D eigenvalue weighted by molar-refractivity contribution is -0.119. The molecule has 7 nitrogen and oxygen atoms in total. The maximum atomic E-state index is 12.5. The van der Waals surface area contributed by atoms with E-state index in [0.717, 1.165) is 24.2 Å². The molecule has 0 saturated carbocycles. The lowest BCUT2D eigenvalue weighted by Crippen LogP contribution is -2.22. The van der Waals surface area contributed by atoms with E-state index < -0.39 is 18.5 Å². The van der Waals surface area contributed by atoms with Crippen LogP contribution in [0.15, 0.2) is 47.3 Å². The van der Waals surface area contributed by atoms with Gasteiger partial charge in [0.1, 0.15) is 5.82 Å². The van der Waals surface area contributed by atoms with Gasteiger partial charge in [-0.05, 0) is 42.2 Å². The molecule has 1 amide bonds. The van der Waals surface area contributed by atoms with Gasteiger partial charge in [-0.2, -0.15) is 0 Å². The molecule has 2 aromatic carbocycles. The molecular formula is C23H23N3O4. The Balaban J connectivity index is 1.45. The van der Waals surface area contributed by atoms with E-state index in [-0.39, 0.29) is 17.0 Å². The smallest absolute Gasteiger partial charge is 0.338 e. The largest absolute Gasteiger partial charge is 0.452 e. The minimum absolute atomic E-state index is 0.0874. The number of esters is 1. The first kappa shape index (κ1) is 19.8. The molecular weight excluding hydrogens is 382 g/mol. The maximum Gasteiger partial charge on any atom is 0.338 e. The van der Waals surface area contributed by atoms with Crippen LogP contribution in [0.1, 0.15) is 47.9 Å². The van der Waals surface area contributed by atoms with Crippen LogP contribution < -0.4 is 10.9 Å². The molecule has 0 saturated heterocycles. The zero-order valence-corrected chi connectivity index (χ0v) is 17.0. The van der Waals surface area contributed by atoms with Crippen LogP contribution in [0.2, 0.25) is 0 Å². The molecule has 0 radical (unpaired) electrons. The van der Waals surface area contributed by atoms with Crippen molar-refractivity contribution in [2.75, 3.05) is 11.9 Å². The molecule has 1 N–H and O–H groups in total. The van der Waals surface area contributed by atoms with Crippen molar-refractivity contribution in [3.63, 3.8) is 0 Å². The van der Waals surface area contributed by atoms with Crippen molar-refractivity contribution in [3.8, 4) is 0 Å². The summed E-state index contributed by atoms with van der Waals surface area (Å²) >= 11 is 0. The van der Waals surface area contributed by atoms with Crippen LogP contribution in [0.3, 0.4) is 0 Å². The number of hydrogen-bond donors (Lipinski definition) is 1. The second kappa shape index (κ2) is 8.10. The number of aryl methyl sites for hydroxylation is 1. The third-order valence-electron chi connectivity index (χ3n) is 5.24. The first-order chi connectivity index (χ1) is 14.4. The number of carbonyl (C=O) groups is 2. The predicted molar refractivity (Wildman–Crippen MR) is 114 cm³/mol. The number of nitrogens with one attached hydrogen (secondary N) is 1. The average Bonchev–Trinajstić information content (AvgIpc) is 3.21. The Morgan fingerprint density at radius 3 is 2.80 bits per heavy atom. The van der Waals surface area contributed by atoms with E-state index >= 15 is 0 Å². The summed E-state index contributed by atoms with van der Waals surface area (Å²) in [4.78, 5) is 41.7. The summed E-state index contributed by atoms with van der Waals surface area (Å²) in [6, 6.07) is 12.2. The SMILES string of the molecule is CC(C)c1ccccc1NC(=O)COC(=O)c1ccc2c(=O)n3c(nc2c1)CCC3. The lowest BCUT2D eigenvalue weighted by atomic mass is 10.0. The van der Waals surface area contributed by atoms with Gasteiger partial charge in [-0.25, -0.2) is 9.78 Å². The molecule has 0 fully saturated rings. The fraction of sp³-hybridized carbons (Fsp3) is 0.304. The molecule has 3 aromatic rings. The van der Waals surface area contributed by atoms with E-state index in [4.69, 9.17) is 4.74 Å². The molecule has 7 heteroatoms. The van der Waals surface area contributed by atoms with Crippen molar-refractivity contribution in [1.82, 2.24) is 9.55 Å². The number of aromatic nitrogens is 2. The summed E-state index contributed by atoms with van der Waals surface area (Å²) in [7, 11) is 0. The Bertz CT molecular complexity index is 1200. The zero-order valence-electron chi connectivity index (χ0n) is 17.0. The molecule has 1 aliphatic heterocycles. The highest BCUT2D eigenvalue weighted by Crippen LogP contribution is 2.23. The van der Waals surface area contributed by atoms with E-state index in [9.17, 15) is 14.4 Å². The van der Waals surface area contributed by atoms with Crippen molar-refractivity contribution < 1.29 is 14.3 Å². The molecule has 2 heterocycles. The average molecular weight is 405 g/mol. The van der Waals surface area contributed by atoms with Crippen LogP contribution in [0.5, 0.6) is 0 Å². The Labute approximate surface area is 173 Å². The molecule has 154 valence electrons. The van der Waals surface area contributed by atoms with Gasteiger partial charge in [0.05, 0.1) is 16.5 Å². The maximum absolute atomic E-state index is 12.5. The number of ether oxygens (including phenoxy) is 1. The van der Waals surface area contributed by atoms with Gasteiger partial charge in [0.15, 0.2) is 6.61 Å². The molecule has 0 bridgehead atoms. The van der Waals surface area contributed by atoms with Crippen molar-refractivity contribution in [1.29, 1.82) is 0 Å². The van der Waals surface area contributed by atoms with Gasteiger partial charge in [0.2, 0.25) is 0 Å². The highest BCUT2D eigenvalue weighted by Gasteiger charge is 2.18. The standard InChI is InChI=1S/C23H23N3O4/c1-14(2)16-6-3-4-7-18(16)25-21(27)13-30-23(29)15-9-10-17-19(12-15)24-20-8-5-11-26(20)22(17)28/h3-4,6-7,9-10,12,14H,5,8,11,13H2,1-2H3,(H,25,27). The summed E-state index contributed by atoms with van der Waals surface area (Å²) < 4.78 is 6.85. The van der Waals surface area contributed by atoms with Gasteiger partial charge < -0.3 is 10.1 Å². The summed E-state index contributed by atoms with van der Waals surface area (Å²) in [5.74, 6) is -0.0566. The molecule has 0 aliphatic carbocycles. The van der Waals surface area contributed by atoms with Crippen LogP contribution in [0.25, 0.3) is 10.9 Å². The highest BCUT2D eigenvalue weighted by atomic mass is 16.5. The monoisotopic (exact) mass is 405 g/mol. The number of carbonyl (C=O) groups excluding carboxylic acids is 2. The van der Waals surface area contributed by atoms with E-state index in [2.05, 4.69) is 10.3 Å². The first-order valence-corrected chi connectivity index (χ1v) is 10.0. The molecule has 0 atom stereocenters. The number of fused-ring (bicyclic) bond motifs is 2. The zero-order chi connectivity index (χ0) is 21.3. The molecule has 1 aromatic heterocycles. The number of para-hydroxylation sites is 1. The summed E-state index contributed by atoms with van der Waals surface area (Å²) in [5.41, 5.74) is 2.36. The lowest BCUT2D eigenvalue weighted by Gasteiger charge is -2.13. The van der Waals surface area contributed by atoms with Crippen molar-refractivity contribution in [2.45, 2.75) is 39.2 Å². The van der Waals surface area contributed by atoms with E-state index in [0.29, 0.717) is 23.1 Å². The van der Waals surface area contributed by atoms with E-state index in [1.807, 2.05) is 38.1 Å². The molecule has 1 aliphatic rings. The van der Waals surface area contributed by atoms with Gasteiger partial charge in [-0.3, -0.25) is 14.2 Å². The Morgan fingerprint density at radius 1 is 1.20 bits per heavy atom. The molecule has 4 rings (SSSR count). The predicted octanol–water partition coefficient (Wildman–Crippen LogP) is 3.26. The third-order valence-corrected chi connectivity index (χ3v) is 5.24. The second-order valence-electron chi connectivity index (χ2n) is 7.69. The number of anilines is 1. The topological polar surface area (TPSA) is 90.3 Å². The molecule has 30 heavy (non-hydrogen) atoms. The van der Waals surface area contributed by atoms with Crippen LogP contribution >= 0.6 is 0 Å². The van der Waals surface area contributed by atoms with Gasteiger partial charge in [-0.1, -0.05) is 32.0 Å². The quantitative estimate of drug-likeness (QED) is 0.658. The fourth-order valence-electron chi connectivity index (χ4n) is 3.73. The van der Waals surface area contributed by atoms with Crippen LogP contribution in [0.4, 0.5) is 5.69 Å². The Hall–Kier alpha value is -3.48. The van der Waals surface area contributed by atoms with Crippen LogP contribution in [-0.4, -0.2) is 28.0 Å². The summed E-state index contributed by atoms with van der Waals surface area (Å²) in [5, 5.41) is 3.26. The molecule has 0 unspecified atom stereocenters. The third kappa shape index (κ3) is 3.83.